The highest BCUT2D eigenvalue weighted by atomic mass is 28.4. The van der Waals surface area contributed by atoms with Gasteiger partial charge >= 0.3 is 0 Å². The summed E-state index contributed by atoms with van der Waals surface area (Å²) < 4.78 is 21.6. The fourth-order valence-corrected chi connectivity index (χ4v) is 5.11. The maximum absolute atomic E-state index is 6.83. The van der Waals surface area contributed by atoms with Crippen LogP contribution in [0.25, 0.3) is 11.2 Å². The van der Waals surface area contributed by atoms with Crippen LogP contribution in [0.4, 0.5) is 0 Å². The van der Waals surface area contributed by atoms with Gasteiger partial charge in [-0.25, -0.2) is 15.0 Å². The summed E-state index contributed by atoms with van der Waals surface area (Å²) in [5.41, 5.74) is 2.03. The van der Waals surface area contributed by atoms with Gasteiger partial charge in [-0.2, -0.15) is 0 Å². The minimum absolute atomic E-state index is 0.0752. The van der Waals surface area contributed by atoms with E-state index in [0.29, 0.717) is 6.61 Å². The van der Waals surface area contributed by atoms with Gasteiger partial charge in [0.25, 0.3) is 0 Å². The predicted molar refractivity (Wildman–Crippen MR) is 105 cm³/mol. The van der Waals surface area contributed by atoms with E-state index in [9.17, 15) is 0 Å². The van der Waals surface area contributed by atoms with Gasteiger partial charge in [-0.15, -0.1) is 0 Å². The number of aromatic nitrogens is 4. The lowest BCUT2D eigenvalue weighted by Gasteiger charge is -2.40. The number of hydrogen-bond donors (Lipinski definition) is 0. The number of imidazole rings is 1. The second-order valence-electron chi connectivity index (χ2n) is 9.28. The van der Waals surface area contributed by atoms with Gasteiger partial charge in [0.05, 0.1) is 18.6 Å². The molecular weight excluding hydrogens is 360 g/mol. The molecule has 2 aromatic heterocycles. The molecule has 0 aliphatic carbocycles. The summed E-state index contributed by atoms with van der Waals surface area (Å²) in [5, 5.41) is 0.130. The Kier molecular flexibility index (Phi) is 4.27. The number of nitrogens with zero attached hydrogens (tertiary/aromatic N) is 4. The Balaban J connectivity index is 1.71. The molecule has 2 aliphatic heterocycles. The van der Waals surface area contributed by atoms with Crippen molar-refractivity contribution in [1.29, 1.82) is 0 Å². The highest BCUT2D eigenvalue weighted by Crippen LogP contribution is 2.51. The molecule has 2 fully saturated rings. The second kappa shape index (κ2) is 6.07. The van der Waals surface area contributed by atoms with E-state index < -0.39 is 13.9 Å². The molecule has 2 aromatic rings. The van der Waals surface area contributed by atoms with Crippen LogP contribution in [-0.4, -0.2) is 52.3 Å². The van der Waals surface area contributed by atoms with Crippen molar-refractivity contribution in [3.63, 3.8) is 0 Å². The van der Waals surface area contributed by atoms with Gasteiger partial charge in [-0.1, -0.05) is 27.7 Å². The first-order valence-electron chi connectivity index (χ1n) is 9.71. The van der Waals surface area contributed by atoms with E-state index in [2.05, 4.69) is 55.7 Å². The average Bonchev–Trinajstić information content (AvgIpc) is 3.24. The van der Waals surface area contributed by atoms with E-state index >= 15 is 0 Å². The summed E-state index contributed by atoms with van der Waals surface area (Å²) in [6, 6.07) is 0. The Morgan fingerprint density at radius 3 is 2.70 bits per heavy atom. The molecule has 2 bridgehead atoms. The van der Waals surface area contributed by atoms with Crippen LogP contribution in [0.15, 0.2) is 12.7 Å². The minimum atomic E-state index is -1.96. The van der Waals surface area contributed by atoms with E-state index in [1.54, 1.807) is 12.7 Å². The van der Waals surface area contributed by atoms with Crippen LogP contribution >= 0.6 is 0 Å². The summed E-state index contributed by atoms with van der Waals surface area (Å²) in [7, 11) is -1.96. The van der Waals surface area contributed by atoms with Crippen molar-refractivity contribution in [2.45, 2.75) is 83.2 Å². The zero-order valence-electron chi connectivity index (χ0n) is 17.3. The fraction of sp³-hybridized carbons (Fsp3) is 0.737. The molecule has 4 atom stereocenters. The van der Waals surface area contributed by atoms with Crippen molar-refractivity contribution >= 4 is 19.5 Å². The quantitative estimate of drug-likeness (QED) is 0.743. The molecule has 1 unspecified atom stereocenters. The van der Waals surface area contributed by atoms with Gasteiger partial charge in [-0.3, -0.25) is 4.57 Å². The topological polar surface area (TPSA) is 71.3 Å². The average molecular weight is 391 g/mol. The van der Waals surface area contributed by atoms with Crippen molar-refractivity contribution in [3.05, 3.63) is 18.3 Å². The maximum Gasteiger partial charge on any atom is 0.192 e. The molecule has 4 rings (SSSR count). The molecule has 2 aliphatic rings. The molecule has 0 spiro atoms. The minimum Gasteiger partial charge on any atom is -0.408 e. The third-order valence-electron chi connectivity index (χ3n) is 6.62. The monoisotopic (exact) mass is 390 g/mol. The van der Waals surface area contributed by atoms with Gasteiger partial charge in [0.2, 0.25) is 0 Å². The van der Waals surface area contributed by atoms with Crippen LogP contribution in [0.1, 0.15) is 46.0 Å². The maximum atomic E-state index is 6.83. The first-order chi connectivity index (χ1) is 12.6. The van der Waals surface area contributed by atoms with Crippen LogP contribution in [0.5, 0.6) is 0 Å². The summed E-state index contributed by atoms with van der Waals surface area (Å²) in [4.78, 5) is 13.2. The Bertz CT molecular complexity index is 862. The van der Waals surface area contributed by atoms with Crippen LogP contribution in [-0.2, 0) is 13.9 Å². The lowest BCUT2D eigenvalue weighted by atomic mass is 9.96. The lowest BCUT2D eigenvalue weighted by molar-refractivity contribution is -0.173. The molecule has 0 aromatic carbocycles. The number of hydrogen-bond acceptors (Lipinski definition) is 6. The third-order valence-corrected chi connectivity index (χ3v) is 11.1. The normalized spacial score (nSPS) is 31.1. The zero-order valence-corrected chi connectivity index (χ0v) is 18.3. The van der Waals surface area contributed by atoms with E-state index in [4.69, 9.17) is 13.9 Å². The Labute approximate surface area is 161 Å². The van der Waals surface area contributed by atoms with Crippen molar-refractivity contribution in [3.8, 4) is 0 Å². The first kappa shape index (κ1) is 19.0. The van der Waals surface area contributed by atoms with E-state index in [0.717, 1.165) is 23.3 Å². The summed E-state index contributed by atoms with van der Waals surface area (Å²) >= 11 is 0. The van der Waals surface area contributed by atoms with Crippen LogP contribution < -0.4 is 0 Å². The van der Waals surface area contributed by atoms with E-state index in [1.807, 2.05) is 11.5 Å². The molecule has 27 heavy (non-hydrogen) atoms. The molecule has 7 nitrogen and oxygen atoms in total. The van der Waals surface area contributed by atoms with E-state index in [1.165, 1.54) is 0 Å². The van der Waals surface area contributed by atoms with Crippen molar-refractivity contribution in [2.24, 2.45) is 0 Å². The van der Waals surface area contributed by atoms with Gasteiger partial charge < -0.3 is 13.9 Å². The molecule has 8 heteroatoms. The highest BCUT2D eigenvalue weighted by Gasteiger charge is 2.63. The number of aryl methyl sites for hydroxylation is 1. The van der Waals surface area contributed by atoms with Gasteiger partial charge in [0, 0.05) is 0 Å². The molecule has 0 radical (unpaired) electrons. The van der Waals surface area contributed by atoms with Crippen LogP contribution in [0, 0.1) is 6.92 Å². The third kappa shape index (κ3) is 2.76. The van der Waals surface area contributed by atoms with Crippen molar-refractivity contribution < 1.29 is 13.9 Å². The van der Waals surface area contributed by atoms with Gasteiger partial charge in [0.15, 0.2) is 20.2 Å². The second-order valence-corrected chi connectivity index (χ2v) is 14.0. The van der Waals surface area contributed by atoms with Crippen molar-refractivity contribution in [1.82, 2.24) is 19.5 Å². The largest absolute Gasteiger partial charge is 0.408 e. The summed E-state index contributed by atoms with van der Waals surface area (Å²) in [5.74, 6) is 0. The molecule has 0 N–H and O–H groups in total. The van der Waals surface area contributed by atoms with E-state index in [-0.39, 0.29) is 23.5 Å². The molecule has 2 saturated heterocycles. The summed E-state index contributed by atoms with van der Waals surface area (Å²) in [6.07, 6.45) is 3.69. The van der Waals surface area contributed by atoms with Gasteiger partial charge in [0.1, 0.15) is 29.7 Å². The number of rotatable bonds is 4. The number of ether oxygens (including phenoxy) is 2. The van der Waals surface area contributed by atoms with Crippen LogP contribution in [0.2, 0.25) is 18.1 Å². The standard InChI is InChI=1S/C19H30N4O3Si/c1-8-19-9-24-14(15(19)26-27(6,7)18(3,4)5)17(25-19)23-11-22-13-12(2)20-10-21-16(13)23/h10-11,14-15,17H,8-9H2,1-7H3/t14-,15?,17+,19-/m0/s1. The lowest BCUT2D eigenvalue weighted by Crippen LogP contribution is -2.51. The SMILES string of the molecule is CC[C@]12CO[C@@H](C1O[Si](C)(C)C(C)(C)C)[C@H](n1cnc3c(C)ncnc31)O2. The predicted octanol–water partition coefficient (Wildman–Crippen LogP) is 3.60. The molecule has 4 heterocycles. The highest BCUT2D eigenvalue weighted by molar-refractivity contribution is 6.74. The molecule has 148 valence electrons. The smallest absolute Gasteiger partial charge is 0.192 e. The zero-order chi connectivity index (χ0) is 19.6. The Morgan fingerprint density at radius 2 is 2.04 bits per heavy atom. The molecular formula is C19H30N4O3Si. The Morgan fingerprint density at radius 1 is 1.30 bits per heavy atom. The molecule has 0 amide bonds. The fourth-order valence-electron chi connectivity index (χ4n) is 3.77. The van der Waals surface area contributed by atoms with Crippen LogP contribution in [0.3, 0.4) is 0 Å². The first-order valence-corrected chi connectivity index (χ1v) is 12.6. The molecule has 0 saturated carbocycles. The van der Waals surface area contributed by atoms with Gasteiger partial charge in [-0.05, 0) is 31.5 Å². The summed E-state index contributed by atoms with van der Waals surface area (Å²) in [6.45, 7) is 16.0. The van der Waals surface area contributed by atoms with Crippen molar-refractivity contribution in [2.75, 3.05) is 6.61 Å². The number of fused-ring (bicyclic) bond motifs is 3. The Hall–Kier alpha value is -1.35.